The Labute approximate surface area is 111 Å². The summed E-state index contributed by atoms with van der Waals surface area (Å²) in [7, 11) is 1.58. The maximum Gasteiger partial charge on any atom is 0.326 e. The highest BCUT2D eigenvalue weighted by Gasteiger charge is 2.19. The number of aliphatic carboxylic acids is 1. The van der Waals surface area contributed by atoms with Gasteiger partial charge in [0.15, 0.2) is 0 Å². The Kier molecular flexibility index (Phi) is 5.98. The standard InChI is InChI=1S/C13H17NO5/c1-19-8-9-2-4-10(5-3-9)12(16)14-11(6-7-15)13(17)18/h2-5,11,15H,6-8H2,1H3,(H,14,16)(H,17,18). The second-order valence-electron chi connectivity index (χ2n) is 4.01. The van der Waals surface area contributed by atoms with Crippen molar-refractivity contribution < 1.29 is 24.5 Å². The number of methoxy groups -OCH3 is 1. The zero-order chi connectivity index (χ0) is 14.3. The Morgan fingerprint density at radius 3 is 2.42 bits per heavy atom. The molecule has 0 heterocycles. The lowest BCUT2D eigenvalue weighted by Crippen LogP contribution is -2.41. The lowest BCUT2D eigenvalue weighted by molar-refractivity contribution is -0.139. The highest BCUT2D eigenvalue weighted by molar-refractivity contribution is 5.96. The van der Waals surface area contributed by atoms with E-state index in [0.717, 1.165) is 5.56 Å². The van der Waals surface area contributed by atoms with Crippen LogP contribution in [0.25, 0.3) is 0 Å². The number of hydrogen-bond acceptors (Lipinski definition) is 4. The summed E-state index contributed by atoms with van der Waals surface area (Å²) in [5, 5.41) is 20.0. The first kappa shape index (κ1) is 15.1. The van der Waals surface area contributed by atoms with Crippen molar-refractivity contribution in [3.63, 3.8) is 0 Å². The van der Waals surface area contributed by atoms with E-state index in [1.54, 1.807) is 31.4 Å². The monoisotopic (exact) mass is 267 g/mol. The van der Waals surface area contributed by atoms with Gasteiger partial charge in [-0.2, -0.15) is 0 Å². The number of carbonyl (C=O) groups is 2. The lowest BCUT2D eigenvalue weighted by atomic mass is 10.1. The largest absolute Gasteiger partial charge is 0.480 e. The maximum atomic E-state index is 11.8. The Morgan fingerprint density at radius 1 is 1.32 bits per heavy atom. The average Bonchev–Trinajstić information content (AvgIpc) is 2.39. The Balaban J connectivity index is 2.68. The van der Waals surface area contributed by atoms with Gasteiger partial charge in [0.25, 0.3) is 5.91 Å². The van der Waals surface area contributed by atoms with E-state index < -0.39 is 17.9 Å². The molecule has 1 amide bonds. The van der Waals surface area contributed by atoms with Crippen molar-refractivity contribution in [2.75, 3.05) is 13.7 Å². The van der Waals surface area contributed by atoms with Crippen LogP contribution in [0.15, 0.2) is 24.3 Å². The van der Waals surface area contributed by atoms with Crippen LogP contribution in [0.5, 0.6) is 0 Å². The van der Waals surface area contributed by atoms with Crippen LogP contribution >= 0.6 is 0 Å². The van der Waals surface area contributed by atoms with E-state index in [1.165, 1.54) is 0 Å². The number of benzene rings is 1. The van der Waals surface area contributed by atoms with Crippen molar-refractivity contribution in [1.29, 1.82) is 0 Å². The van der Waals surface area contributed by atoms with Gasteiger partial charge < -0.3 is 20.3 Å². The fourth-order valence-electron chi connectivity index (χ4n) is 1.55. The summed E-state index contributed by atoms with van der Waals surface area (Å²) in [6, 6.07) is 5.58. The molecule has 6 heteroatoms. The fraction of sp³-hybridized carbons (Fsp3) is 0.385. The first-order valence-electron chi connectivity index (χ1n) is 5.81. The molecule has 1 rings (SSSR count). The molecule has 6 nitrogen and oxygen atoms in total. The molecule has 0 bridgehead atoms. The van der Waals surface area contributed by atoms with Crippen molar-refractivity contribution in [2.45, 2.75) is 19.1 Å². The zero-order valence-corrected chi connectivity index (χ0v) is 10.6. The van der Waals surface area contributed by atoms with E-state index in [2.05, 4.69) is 5.32 Å². The molecule has 1 aromatic rings. The molecule has 0 spiro atoms. The van der Waals surface area contributed by atoms with Gasteiger partial charge in [0.1, 0.15) is 6.04 Å². The van der Waals surface area contributed by atoms with Gasteiger partial charge in [-0.15, -0.1) is 0 Å². The van der Waals surface area contributed by atoms with Crippen LogP contribution in [0, 0.1) is 0 Å². The number of aliphatic hydroxyl groups excluding tert-OH is 1. The van der Waals surface area contributed by atoms with Crippen molar-refractivity contribution in [3.05, 3.63) is 35.4 Å². The number of carboxylic acids is 1. The van der Waals surface area contributed by atoms with Gasteiger partial charge in [-0.3, -0.25) is 4.79 Å². The van der Waals surface area contributed by atoms with Gasteiger partial charge >= 0.3 is 5.97 Å². The van der Waals surface area contributed by atoms with E-state index in [1.807, 2.05) is 0 Å². The molecule has 0 aliphatic rings. The molecule has 1 aromatic carbocycles. The van der Waals surface area contributed by atoms with Crippen LogP contribution in [0.4, 0.5) is 0 Å². The fourth-order valence-corrected chi connectivity index (χ4v) is 1.55. The number of ether oxygens (including phenoxy) is 1. The zero-order valence-electron chi connectivity index (χ0n) is 10.6. The first-order chi connectivity index (χ1) is 9.08. The second kappa shape index (κ2) is 7.50. The van der Waals surface area contributed by atoms with Crippen molar-refractivity contribution >= 4 is 11.9 Å². The topological polar surface area (TPSA) is 95.9 Å². The Bertz CT molecular complexity index is 429. The SMILES string of the molecule is COCc1ccc(C(=O)NC(CCO)C(=O)O)cc1. The number of aliphatic hydroxyl groups is 1. The Hall–Kier alpha value is -1.92. The number of carbonyl (C=O) groups excluding carboxylic acids is 1. The van der Waals surface area contributed by atoms with Crippen LogP contribution in [0.1, 0.15) is 22.3 Å². The molecule has 0 aromatic heterocycles. The van der Waals surface area contributed by atoms with E-state index in [0.29, 0.717) is 12.2 Å². The summed E-state index contributed by atoms with van der Waals surface area (Å²) in [6.07, 6.45) is -0.0250. The van der Waals surface area contributed by atoms with Gasteiger partial charge in [-0.05, 0) is 17.7 Å². The quantitative estimate of drug-likeness (QED) is 0.664. The molecule has 0 aliphatic heterocycles. The summed E-state index contributed by atoms with van der Waals surface area (Å²) in [6.45, 7) is 0.147. The molecule has 0 radical (unpaired) electrons. The third-order valence-corrected chi connectivity index (χ3v) is 2.55. The maximum absolute atomic E-state index is 11.8. The molecule has 0 saturated heterocycles. The van der Waals surface area contributed by atoms with E-state index in [4.69, 9.17) is 14.9 Å². The summed E-state index contributed by atoms with van der Waals surface area (Å²) >= 11 is 0. The third kappa shape index (κ3) is 4.69. The van der Waals surface area contributed by atoms with E-state index in [-0.39, 0.29) is 13.0 Å². The normalized spacial score (nSPS) is 11.9. The number of hydrogen-bond donors (Lipinski definition) is 3. The van der Waals surface area contributed by atoms with Gasteiger partial charge in [0.2, 0.25) is 0 Å². The molecule has 1 unspecified atom stereocenters. The molecule has 0 saturated carbocycles. The van der Waals surface area contributed by atoms with Crippen molar-refractivity contribution in [2.24, 2.45) is 0 Å². The van der Waals surface area contributed by atoms with Crippen molar-refractivity contribution in [1.82, 2.24) is 5.32 Å². The first-order valence-corrected chi connectivity index (χ1v) is 5.81. The van der Waals surface area contributed by atoms with Gasteiger partial charge in [-0.1, -0.05) is 12.1 Å². The predicted octanol–water partition coefficient (Wildman–Crippen LogP) is 0.398. The molecule has 3 N–H and O–H groups in total. The summed E-state index contributed by atoms with van der Waals surface area (Å²) in [5.41, 5.74) is 1.29. The van der Waals surface area contributed by atoms with Crippen LogP contribution in [-0.2, 0) is 16.1 Å². The van der Waals surface area contributed by atoms with Crippen LogP contribution in [0.3, 0.4) is 0 Å². The molecule has 19 heavy (non-hydrogen) atoms. The Morgan fingerprint density at radius 2 is 1.95 bits per heavy atom. The van der Waals surface area contributed by atoms with Crippen LogP contribution < -0.4 is 5.32 Å². The predicted molar refractivity (Wildman–Crippen MR) is 67.7 cm³/mol. The molecule has 104 valence electrons. The third-order valence-electron chi connectivity index (χ3n) is 2.55. The number of rotatable bonds is 7. The molecular formula is C13H17NO5. The minimum Gasteiger partial charge on any atom is -0.480 e. The highest BCUT2D eigenvalue weighted by Crippen LogP contribution is 2.06. The second-order valence-corrected chi connectivity index (χ2v) is 4.01. The molecule has 0 fully saturated rings. The van der Waals surface area contributed by atoms with Gasteiger partial charge in [0, 0.05) is 25.7 Å². The summed E-state index contributed by atoms with van der Waals surface area (Å²) in [4.78, 5) is 22.7. The summed E-state index contributed by atoms with van der Waals surface area (Å²) < 4.78 is 4.95. The van der Waals surface area contributed by atoms with E-state index in [9.17, 15) is 9.59 Å². The molecular weight excluding hydrogens is 250 g/mol. The van der Waals surface area contributed by atoms with Gasteiger partial charge in [0.05, 0.1) is 6.61 Å². The summed E-state index contributed by atoms with van der Waals surface area (Å²) in [5.74, 6) is -1.65. The minimum atomic E-state index is -1.17. The minimum absolute atomic E-state index is 0.0250. The average molecular weight is 267 g/mol. The smallest absolute Gasteiger partial charge is 0.326 e. The van der Waals surface area contributed by atoms with Crippen LogP contribution in [0.2, 0.25) is 0 Å². The molecule has 0 aliphatic carbocycles. The van der Waals surface area contributed by atoms with Crippen LogP contribution in [-0.4, -0.2) is 41.8 Å². The highest BCUT2D eigenvalue weighted by atomic mass is 16.5. The number of nitrogens with one attached hydrogen (secondary N) is 1. The lowest BCUT2D eigenvalue weighted by Gasteiger charge is -2.13. The van der Waals surface area contributed by atoms with Crippen molar-refractivity contribution in [3.8, 4) is 0 Å². The van der Waals surface area contributed by atoms with Gasteiger partial charge in [-0.25, -0.2) is 4.79 Å². The molecule has 1 atom stereocenters. The van der Waals surface area contributed by atoms with E-state index >= 15 is 0 Å². The number of carboxylic acid groups (broad SMARTS) is 1. The number of amides is 1.